The van der Waals surface area contributed by atoms with Crippen molar-refractivity contribution in [1.82, 2.24) is 0 Å². The SMILES string of the molecule is O=C([O-])COCCNc1cc(Oc2ccc(Cl)cc2Cl)ccc1[N+](=O)[O-].[Na+]. The van der Waals surface area contributed by atoms with Crippen LogP contribution in [0.5, 0.6) is 11.5 Å². The average Bonchev–Trinajstić information content (AvgIpc) is 2.57. The number of carboxylic acid groups (broad SMARTS) is 1. The van der Waals surface area contributed by atoms with Gasteiger partial charge in [-0.1, -0.05) is 23.2 Å². The Balaban J connectivity index is 0.00000364. The fraction of sp³-hybridized carbons (Fsp3) is 0.188. The summed E-state index contributed by atoms with van der Waals surface area (Å²) < 4.78 is 10.4. The molecule has 0 aliphatic rings. The third-order valence-electron chi connectivity index (χ3n) is 3.07. The van der Waals surface area contributed by atoms with Crippen LogP contribution >= 0.6 is 23.2 Å². The summed E-state index contributed by atoms with van der Waals surface area (Å²) in [6, 6.07) is 8.83. The normalized spacial score (nSPS) is 10.0. The molecule has 8 nitrogen and oxygen atoms in total. The predicted octanol–water partition coefficient (Wildman–Crippen LogP) is -0.124. The first-order valence-electron chi connectivity index (χ1n) is 7.29. The number of hydrogen-bond donors (Lipinski definition) is 1. The molecule has 0 saturated carbocycles. The molecule has 0 fully saturated rings. The van der Waals surface area contributed by atoms with Crippen LogP contribution in [0.3, 0.4) is 0 Å². The number of ether oxygens (including phenoxy) is 2. The van der Waals surface area contributed by atoms with Crippen molar-refractivity contribution in [3.05, 3.63) is 56.6 Å². The number of halogens is 2. The fourth-order valence-electron chi connectivity index (χ4n) is 1.98. The standard InChI is InChI=1S/C16H14Cl2N2O6.Na/c17-10-1-4-15(12(18)7-10)26-11-2-3-14(20(23)24)13(8-11)19-5-6-25-9-16(21)22;/h1-4,7-8,19H,5-6,9H2,(H,21,22);/q;+1/p-1. The Kier molecular flexibility index (Phi) is 9.86. The first-order chi connectivity index (χ1) is 12.4. The van der Waals surface area contributed by atoms with E-state index in [2.05, 4.69) is 5.32 Å². The first kappa shape index (κ1) is 23.5. The van der Waals surface area contributed by atoms with Gasteiger partial charge in [-0.05, 0) is 24.3 Å². The summed E-state index contributed by atoms with van der Waals surface area (Å²) in [5.41, 5.74) is 0.0223. The molecule has 0 bridgehead atoms. The van der Waals surface area contributed by atoms with E-state index in [1.165, 1.54) is 24.3 Å². The zero-order chi connectivity index (χ0) is 19.1. The minimum absolute atomic E-state index is 0. The molecule has 0 radical (unpaired) electrons. The Morgan fingerprint density at radius 2 is 1.93 bits per heavy atom. The van der Waals surface area contributed by atoms with Crippen molar-refractivity contribution in [1.29, 1.82) is 0 Å². The summed E-state index contributed by atoms with van der Waals surface area (Å²) in [5, 5.41) is 24.9. The van der Waals surface area contributed by atoms with Gasteiger partial charge in [0.05, 0.1) is 29.1 Å². The molecule has 27 heavy (non-hydrogen) atoms. The topological polar surface area (TPSA) is 114 Å². The summed E-state index contributed by atoms with van der Waals surface area (Å²) in [7, 11) is 0. The summed E-state index contributed by atoms with van der Waals surface area (Å²) in [5.74, 6) is -0.683. The molecule has 1 N–H and O–H groups in total. The number of nitro benzene ring substituents is 1. The molecule has 0 aromatic heterocycles. The van der Waals surface area contributed by atoms with Crippen molar-refractivity contribution in [2.45, 2.75) is 0 Å². The van der Waals surface area contributed by atoms with Gasteiger partial charge >= 0.3 is 29.6 Å². The van der Waals surface area contributed by atoms with E-state index in [-0.39, 0.29) is 54.1 Å². The van der Waals surface area contributed by atoms with E-state index in [1.807, 2.05) is 0 Å². The van der Waals surface area contributed by atoms with Crippen LogP contribution in [0.1, 0.15) is 0 Å². The van der Waals surface area contributed by atoms with Gasteiger partial charge in [0, 0.05) is 23.7 Å². The molecular weight excluding hydrogens is 410 g/mol. The van der Waals surface area contributed by atoms with Crippen LogP contribution in [0, 0.1) is 10.1 Å². The van der Waals surface area contributed by atoms with Gasteiger partial charge in [-0.15, -0.1) is 0 Å². The number of carbonyl (C=O) groups excluding carboxylic acids is 1. The van der Waals surface area contributed by atoms with E-state index >= 15 is 0 Å². The molecule has 2 aromatic rings. The van der Waals surface area contributed by atoms with Crippen molar-refractivity contribution in [3.63, 3.8) is 0 Å². The summed E-state index contributed by atoms with van der Waals surface area (Å²) in [6.45, 7) is -0.375. The Hall–Kier alpha value is -1.55. The van der Waals surface area contributed by atoms with Gasteiger partial charge in [0.2, 0.25) is 0 Å². The molecule has 0 saturated heterocycles. The number of carbonyl (C=O) groups is 1. The smallest absolute Gasteiger partial charge is 0.548 e. The number of nitro groups is 1. The van der Waals surface area contributed by atoms with Crippen LogP contribution in [-0.4, -0.2) is 30.7 Å². The number of rotatable bonds is 9. The van der Waals surface area contributed by atoms with Crippen molar-refractivity contribution in [2.75, 3.05) is 25.1 Å². The van der Waals surface area contributed by atoms with Crippen LogP contribution in [0.4, 0.5) is 11.4 Å². The van der Waals surface area contributed by atoms with Gasteiger partial charge in [-0.2, -0.15) is 0 Å². The van der Waals surface area contributed by atoms with Crippen molar-refractivity contribution >= 4 is 40.5 Å². The molecule has 0 unspecified atom stereocenters. The third kappa shape index (κ3) is 7.53. The number of hydrogen-bond acceptors (Lipinski definition) is 7. The molecule has 0 spiro atoms. The zero-order valence-corrected chi connectivity index (χ0v) is 17.7. The van der Waals surface area contributed by atoms with Crippen LogP contribution < -0.4 is 44.7 Å². The zero-order valence-electron chi connectivity index (χ0n) is 14.2. The molecule has 0 amide bonds. The number of aliphatic carboxylic acids is 1. The maximum atomic E-state index is 11.1. The van der Waals surface area contributed by atoms with Crippen molar-refractivity contribution < 1.29 is 53.9 Å². The van der Waals surface area contributed by atoms with Gasteiger partial charge in [0.25, 0.3) is 5.69 Å². The quantitative estimate of drug-likeness (QED) is 0.259. The van der Waals surface area contributed by atoms with E-state index in [1.54, 1.807) is 12.1 Å². The number of benzene rings is 2. The molecule has 0 atom stereocenters. The van der Waals surface area contributed by atoms with Gasteiger partial charge in [0.1, 0.15) is 17.2 Å². The predicted molar refractivity (Wildman–Crippen MR) is 93.9 cm³/mol. The van der Waals surface area contributed by atoms with Gasteiger partial charge in [0.15, 0.2) is 0 Å². The maximum absolute atomic E-state index is 11.1. The Labute approximate surface area is 186 Å². The Morgan fingerprint density at radius 3 is 2.56 bits per heavy atom. The summed E-state index contributed by atoms with van der Waals surface area (Å²) >= 11 is 11.9. The number of nitrogens with one attached hydrogen (secondary N) is 1. The number of carboxylic acids is 1. The van der Waals surface area contributed by atoms with Crippen molar-refractivity contribution in [3.8, 4) is 11.5 Å². The van der Waals surface area contributed by atoms with Crippen LogP contribution in [-0.2, 0) is 9.53 Å². The molecule has 0 aliphatic heterocycles. The van der Waals surface area contributed by atoms with Crippen LogP contribution in [0.15, 0.2) is 36.4 Å². The number of anilines is 1. The second-order valence-corrected chi connectivity index (χ2v) is 5.81. The third-order valence-corrected chi connectivity index (χ3v) is 3.60. The number of nitrogens with zero attached hydrogens (tertiary/aromatic N) is 1. The Morgan fingerprint density at radius 1 is 1.19 bits per heavy atom. The monoisotopic (exact) mass is 422 g/mol. The van der Waals surface area contributed by atoms with E-state index in [0.717, 1.165) is 0 Å². The minimum atomic E-state index is -1.34. The maximum Gasteiger partial charge on any atom is 1.00 e. The van der Waals surface area contributed by atoms with Crippen LogP contribution in [0.25, 0.3) is 0 Å². The molecule has 11 heteroatoms. The van der Waals surface area contributed by atoms with E-state index in [4.69, 9.17) is 32.7 Å². The van der Waals surface area contributed by atoms with Gasteiger partial charge < -0.3 is 24.7 Å². The van der Waals surface area contributed by atoms with E-state index < -0.39 is 17.5 Å². The minimum Gasteiger partial charge on any atom is -0.548 e. The largest absolute Gasteiger partial charge is 1.00 e. The molecule has 0 aliphatic carbocycles. The van der Waals surface area contributed by atoms with E-state index in [0.29, 0.717) is 21.5 Å². The molecular formula is C16H13Cl2N2NaO6. The van der Waals surface area contributed by atoms with Crippen LogP contribution in [0.2, 0.25) is 10.0 Å². The average molecular weight is 423 g/mol. The Bertz CT molecular complexity index is 821. The summed E-state index contributed by atoms with van der Waals surface area (Å²) in [4.78, 5) is 20.8. The molecule has 0 heterocycles. The summed E-state index contributed by atoms with van der Waals surface area (Å²) in [6.07, 6.45) is 0. The van der Waals surface area contributed by atoms with Gasteiger partial charge in [-0.25, -0.2) is 0 Å². The molecule has 138 valence electrons. The first-order valence-corrected chi connectivity index (χ1v) is 8.05. The van der Waals surface area contributed by atoms with Crippen molar-refractivity contribution in [2.24, 2.45) is 0 Å². The molecule has 2 rings (SSSR count). The second kappa shape index (κ2) is 11.3. The molecule has 2 aromatic carbocycles. The fourth-order valence-corrected chi connectivity index (χ4v) is 2.42. The second-order valence-electron chi connectivity index (χ2n) is 4.96. The van der Waals surface area contributed by atoms with E-state index in [9.17, 15) is 20.0 Å². The van der Waals surface area contributed by atoms with Gasteiger partial charge in [-0.3, -0.25) is 10.1 Å².